The average Bonchev–Trinajstić information content (AvgIpc) is 2.59. The van der Waals surface area contributed by atoms with Crippen molar-refractivity contribution in [1.29, 1.82) is 0 Å². The van der Waals surface area contributed by atoms with Gasteiger partial charge in [0.15, 0.2) is 0 Å². The fourth-order valence-electron chi connectivity index (χ4n) is 1.93. The first-order valence-electron chi connectivity index (χ1n) is 7.31. The number of ketones is 1. The van der Waals surface area contributed by atoms with E-state index in [1.165, 1.54) is 0 Å². The molecule has 0 spiro atoms. The van der Waals surface area contributed by atoms with Crippen LogP contribution in [-0.2, 0) is 22.9 Å². The number of hydrogen-bond donors (Lipinski definition) is 4. The van der Waals surface area contributed by atoms with E-state index in [0.717, 1.165) is 11.8 Å². The fraction of sp³-hybridized carbons (Fsp3) is 0.333. The van der Waals surface area contributed by atoms with Crippen molar-refractivity contribution in [2.24, 2.45) is 11.7 Å². The molecule has 0 aliphatic heterocycles. The summed E-state index contributed by atoms with van der Waals surface area (Å²) in [5.74, 6) is -5.89. The van der Waals surface area contributed by atoms with E-state index in [2.05, 4.69) is 5.32 Å². The van der Waals surface area contributed by atoms with Crippen LogP contribution in [0.25, 0.3) is 0 Å². The van der Waals surface area contributed by atoms with E-state index in [4.69, 9.17) is 15.9 Å². The predicted octanol–water partition coefficient (Wildman–Crippen LogP) is -0.895. The first kappa shape index (κ1) is 22.0. The molecule has 1 aromatic carbocycles. The molecule has 0 aliphatic rings. The van der Waals surface area contributed by atoms with Crippen molar-refractivity contribution in [2.75, 3.05) is 16.8 Å². The monoisotopic (exact) mass is 444 g/mol. The molecule has 0 fully saturated rings. The maximum absolute atomic E-state index is 11.9. The molecule has 0 saturated heterocycles. The van der Waals surface area contributed by atoms with Gasteiger partial charge in [0.25, 0.3) is 0 Å². The van der Waals surface area contributed by atoms with Gasteiger partial charge in [0.2, 0.25) is 0 Å². The Morgan fingerprint density at radius 2 is 1.73 bits per heavy atom. The first-order chi connectivity index (χ1) is 12.3. The molecule has 9 nitrogen and oxygen atoms in total. The van der Waals surface area contributed by atoms with Crippen LogP contribution in [0.15, 0.2) is 24.3 Å². The molecule has 5 N–H and O–H groups in total. The molecule has 1 unspecified atom stereocenters. The zero-order valence-electron chi connectivity index (χ0n) is 13.5. The number of anilines is 1. The Morgan fingerprint density at radius 3 is 2.23 bits per heavy atom. The third-order valence-corrected chi connectivity index (χ3v) is 5.27. The molecular formula is C15H17AsN2O7S. The van der Waals surface area contributed by atoms with Crippen molar-refractivity contribution in [1.82, 2.24) is 0 Å². The minimum absolute atomic E-state index is 0.0330. The van der Waals surface area contributed by atoms with Crippen molar-refractivity contribution in [2.45, 2.75) is 12.5 Å². The van der Waals surface area contributed by atoms with Gasteiger partial charge in [0, 0.05) is 0 Å². The van der Waals surface area contributed by atoms with Crippen LogP contribution in [-0.4, -0.2) is 67.1 Å². The van der Waals surface area contributed by atoms with Crippen LogP contribution < -0.4 is 15.4 Å². The van der Waals surface area contributed by atoms with Crippen molar-refractivity contribution in [3.05, 3.63) is 24.3 Å². The summed E-state index contributed by atoms with van der Waals surface area (Å²) in [4.78, 5) is 45.4. The summed E-state index contributed by atoms with van der Waals surface area (Å²) in [7, 11) is 0. The molecule has 2 atom stereocenters. The molecule has 0 bridgehead atoms. The summed E-state index contributed by atoms with van der Waals surface area (Å²) in [5, 5.41) is 20.3. The van der Waals surface area contributed by atoms with Gasteiger partial charge in [0.1, 0.15) is 6.04 Å². The summed E-state index contributed by atoms with van der Waals surface area (Å²) in [5.41, 5.74) is 5.78. The second-order valence-electron chi connectivity index (χ2n) is 5.14. The van der Waals surface area contributed by atoms with Crippen LogP contribution in [0.3, 0.4) is 0 Å². The second kappa shape index (κ2) is 10.8. The Labute approximate surface area is 159 Å². The van der Waals surface area contributed by atoms with Gasteiger partial charge in [-0.15, -0.1) is 0 Å². The first-order valence-corrected chi connectivity index (χ1v) is 10.2. The van der Waals surface area contributed by atoms with E-state index < -0.39 is 45.4 Å². The number of nitrogens with one attached hydrogen (secondary N) is 1. The van der Waals surface area contributed by atoms with Crippen molar-refractivity contribution >= 4 is 61.1 Å². The third kappa shape index (κ3) is 7.07. The standard InChI is InChI=1S/C15H17AsN2O7S/c17-13(15(23)24)12(14(21)22)10(19)5-6-26-7-11(20)18-9-3-1-8(16-25)2-4-9/h1-4,12-13H,5-7,17H2,(H,18,20)(H,21,22)(H,23,24)/t12?,13-/m0/s1. The zero-order chi connectivity index (χ0) is 19.7. The van der Waals surface area contributed by atoms with Gasteiger partial charge in [-0.25, -0.2) is 0 Å². The molecule has 140 valence electrons. The van der Waals surface area contributed by atoms with Crippen LogP contribution in [0.2, 0.25) is 0 Å². The fourth-order valence-corrected chi connectivity index (χ4v) is 3.25. The Morgan fingerprint density at radius 1 is 1.12 bits per heavy atom. The maximum atomic E-state index is 11.9. The number of aliphatic carboxylic acids is 2. The molecule has 0 saturated carbocycles. The van der Waals surface area contributed by atoms with Gasteiger partial charge < -0.3 is 15.9 Å². The summed E-state index contributed by atoms with van der Waals surface area (Å²) in [6.07, 6.45) is -0.211. The normalized spacial score (nSPS) is 13.0. The van der Waals surface area contributed by atoms with E-state index in [1.807, 2.05) is 0 Å². The molecule has 0 heterocycles. The summed E-state index contributed by atoms with van der Waals surface area (Å²) in [6, 6.07) is 4.73. The number of carbonyl (C=O) groups excluding carboxylic acids is 2. The Balaban J connectivity index is 2.40. The van der Waals surface area contributed by atoms with Crippen LogP contribution in [0.1, 0.15) is 6.42 Å². The Bertz CT molecular complexity index is 696. The van der Waals surface area contributed by atoms with E-state index >= 15 is 0 Å². The SMILES string of the molecule is N[C@H](C(=O)O)C(C(=O)O)C(=O)CCSCC(=O)Nc1ccc([As]=O)cc1. The molecule has 26 heavy (non-hydrogen) atoms. The molecule has 11 heteroatoms. The summed E-state index contributed by atoms with van der Waals surface area (Å²) < 4.78 is 11.5. The number of amides is 1. The number of Topliss-reactive ketones (excluding diaryl/α,β-unsaturated/α-hetero) is 1. The van der Waals surface area contributed by atoms with Crippen molar-refractivity contribution in [3.63, 3.8) is 0 Å². The number of carboxylic acid groups (broad SMARTS) is 2. The molecular weight excluding hydrogens is 427 g/mol. The van der Waals surface area contributed by atoms with E-state index in [0.29, 0.717) is 10.0 Å². The number of rotatable bonds is 11. The van der Waals surface area contributed by atoms with Gasteiger partial charge in [-0.3, -0.25) is 9.59 Å². The summed E-state index contributed by atoms with van der Waals surface area (Å²) >= 11 is -0.00929. The number of benzene rings is 1. The zero-order valence-corrected chi connectivity index (χ0v) is 16.1. The molecule has 0 aromatic heterocycles. The topological polar surface area (TPSA) is 164 Å². The van der Waals surface area contributed by atoms with Gasteiger partial charge in [-0.05, 0) is 0 Å². The van der Waals surface area contributed by atoms with Crippen LogP contribution in [0.4, 0.5) is 5.69 Å². The minimum atomic E-state index is -1.82. The van der Waals surface area contributed by atoms with E-state index in [9.17, 15) is 22.9 Å². The quantitative estimate of drug-likeness (QED) is 0.192. The van der Waals surface area contributed by atoms with Gasteiger partial charge in [0.05, 0.1) is 0 Å². The Hall–Kier alpha value is -2.03. The third-order valence-electron chi connectivity index (χ3n) is 3.24. The van der Waals surface area contributed by atoms with Crippen molar-refractivity contribution in [3.8, 4) is 0 Å². The number of nitrogens with two attached hydrogens (primary N) is 1. The van der Waals surface area contributed by atoms with Crippen LogP contribution >= 0.6 is 11.8 Å². The van der Waals surface area contributed by atoms with Crippen molar-refractivity contribution < 1.29 is 33.1 Å². The number of hydrogen-bond acceptors (Lipinski definition) is 7. The van der Waals surface area contributed by atoms with Gasteiger partial charge >= 0.3 is 128 Å². The van der Waals surface area contributed by atoms with E-state index in [1.54, 1.807) is 24.3 Å². The average molecular weight is 444 g/mol. The molecule has 1 aromatic rings. The van der Waals surface area contributed by atoms with Crippen LogP contribution in [0.5, 0.6) is 0 Å². The molecule has 1 amide bonds. The van der Waals surface area contributed by atoms with Gasteiger partial charge in [-0.1, -0.05) is 0 Å². The second-order valence-corrected chi connectivity index (χ2v) is 7.71. The van der Waals surface area contributed by atoms with Crippen LogP contribution in [0, 0.1) is 5.92 Å². The molecule has 1 rings (SSSR count). The molecule has 0 aliphatic carbocycles. The van der Waals surface area contributed by atoms with E-state index in [-0.39, 0.29) is 23.8 Å². The Kier molecular flexibility index (Phi) is 9.18. The van der Waals surface area contributed by atoms with Gasteiger partial charge in [-0.2, -0.15) is 0 Å². The number of thioether (sulfide) groups is 1. The summed E-state index contributed by atoms with van der Waals surface area (Å²) in [6.45, 7) is 0. The predicted molar refractivity (Wildman–Crippen MR) is 94.8 cm³/mol. The number of carboxylic acids is 2. The number of carbonyl (C=O) groups is 4. The molecule has 0 radical (unpaired) electrons.